The molecule has 0 radical (unpaired) electrons. The molecule has 2 aliphatic heterocycles. The van der Waals surface area contributed by atoms with Crippen molar-refractivity contribution in [3.8, 4) is 17.3 Å². The van der Waals surface area contributed by atoms with E-state index in [0.29, 0.717) is 79.0 Å². The van der Waals surface area contributed by atoms with E-state index < -0.39 is 0 Å². The van der Waals surface area contributed by atoms with Gasteiger partial charge in [-0.3, -0.25) is 0 Å². The summed E-state index contributed by atoms with van der Waals surface area (Å²) < 4.78 is 5.52. The van der Waals surface area contributed by atoms with Crippen molar-refractivity contribution in [2.24, 2.45) is 0 Å². The quantitative estimate of drug-likeness (QED) is 0.515. The van der Waals surface area contributed by atoms with Gasteiger partial charge in [-0.2, -0.15) is 10.2 Å². The van der Waals surface area contributed by atoms with Crippen molar-refractivity contribution in [3.05, 3.63) is 58.2 Å². The number of morpholine rings is 1. The predicted octanol–water partition coefficient (Wildman–Crippen LogP) is 4.27. The third-order valence-corrected chi connectivity index (χ3v) is 6.85. The first-order valence-electron chi connectivity index (χ1n) is 11.6. The van der Waals surface area contributed by atoms with Gasteiger partial charge in [-0.25, -0.2) is 9.97 Å². The molecule has 2 aliphatic rings. The molecule has 0 spiro atoms. The molecule has 1 atom stereocenters. The fourth-order valence-electron chi connectivity index (χ4n) is 4.57. The van der Waals surface area contributed by atoms with Crippen LogP contribution in [0.3, 0.4) is 0 Å². The van der Waals surface area contributed by atoms with E-state index in [4.69, 9.17) is 37.9 Å². The molecule has 1 unspecified atom stereocenters. The van der Waals surface area contributed by atoms with Gasteiger partial charge >= 0.3 is 0 Å². The summed E-state index contributed by atoms with van der Waals surface area (Å²) in [5, 5.41) is 11.5. The van der Waals surface area contributed by atoms with Crippen LogP contribution in [-0.2, 0) is 4.74 Å². The smallest absolute Gasteiger partial charge is 0.228 e. The maximum absolute atomic E-state index is 10.3. The van der Waals surface area contributed by atoms with Gasteiger partial charge in [0, 0.05) is 55.5 Å². The second-order valence-corrected chi connectivity index (χ2v) is 9.43. The Morgan fingerprint density at radius 3 is 2.54 bits per heavy atom. The van der Waals surface area contributed by atoms with Gasteiger partial charge in [0.2, 0.25) is 5.95 Å². The monoisotopic (exact) mass is 509 g/mol. The number of benzene rings is 1. The lowest BCUT2D eigenvalue weighted by Crippen LogP contribution is -2.53. The van der Waals surface area contributed by atoms with Crippen LogP contribution in [0.15, 0.2) is 42.6 Å². The van der Waals surface area contributed by atoms with E-state index in [2.05, 4.69) is 32.7 Å². The van der Waals surface area contributed by atoms with E-state index in [1.54, 1.807) is 6.20 Å². The van der Waals surface area contributed by atoms with Crippen molar-refractivity contribution in [2.75, 3.05) is 60.6 Å². The number of hydrogen-bond donors (Lipinski definition) is 0. The Balaban J connectivity index is 1.55. The first-order chi connectivity index (χ1) is 17.0. The van der Waals surface area contributed by atoms with Gasteiger partial charge in [0.15, 0.2) is 5.82 Å². The molecule has 3 aromatic rings. The molecule has 4 heterocycles. The molecular weight excluding hydrogens is 485 g/mol. The van der Waals surface area contributed by atoms with E-state index in [1.807, 2.05) is 36.4 Å². The standard InChI is InChI=1S/C25H25Cl2N7O/c1-17-16-33(24-21(27)6-3-7-29-24)8-9-34(17)23-20(15-28)22(18-4-2-5-19(26)14-18)30-25(31-23)32-10-12-35-13-11-32/h2-7,14,17H,8-13,16H2,1H3. The number of nitrogens with zero attached hydrogens (tertiary/aromatic N) is 7. The third kappa shape index (κ3) is 4.85. The summed E-state index contributed by atoms with van der Waals surface area (Å²) in [4.78, 5) is 20.7. The molecule has 5 rings (SSSR count). The van der Waals surface area contributed by atoms with Crippen molar-refractivity contribution in [2.45, 2.75) is 13.0 Å². The first-order valence-corrected chi connectivity index (χ1v) is 12.3. The van der Waals surface area contributed by atoms with Crippen molar-refractivity contribution in [1.82, 2.24) is 15.0 Å². The minimum absolute atomic E-state index is 0.0635. The van der Waals surface area contributed by atoms with E-state index in [0.717, 1.165) is 11.4 Å². The molecule has 8 nitrogen and oxygen atoms in total. The van der Waals surface area contributed by atoms with Gasteiger partial charge in [-0.15, -0.1) is 0 Å². The largest absolute Gasteiger partial charge is 0.378 e. The fourth-order valence-corrected chi connectivity index (χ4v) is 5.00. The van der Waals surface area contributed by atoms with E-state index in [1.165, 1.54) is 0 Å². The maximum atomic E-state index is 10.3. The molecule has 2 aromatic heterocycles. The Hall–Kier alpha value is -3.12. The zero-order valence-corrected chi connectivity index (χ0v) is 20.9. The summed E-state index contributed by atoms with van der Waals surface area (Å²) in [5.41, 5.74) is 1.82. The topological polar surface area (TPSA) is 81.4 Å². The number of anilines is 3. The molecule has 2 saturated heterocycles. The van der Waals surface area contributed by atoms with Crippen LogP contribution < -0.4 is 14.7 Å². The molecule has 180 valence electrons. The predicted molar refractivity (Wildman–Crippen MR) is 138 cm³/mol. The number of aromatic nitrogens is 3. The molecule has 1 aromatic carbocycles. The van der Waals surface area contributed by atoms with Crippen LogP contribution >= 0.6 is 23.2 Å². The highest BCUT2D eigenvalue weighted by molar-refractivity contribution is 6.33. The first kappa shape index (κ1) is 23.6. The van der Waals surface area contributed by atoms with Crippen molar-refractivity contribution < 1.29 is 4.74 Å². The number of hydrogen-bond acceptors (Lipinski definition) is 8. The second kappa shape index (κ2) is 10.2. The third-order valence-electron chi connectivity index (χ3n) is 6.32. The summed E-state index contributed by atoms with van der Waals surface area (Å²) in [7, 11) is 0. The molecule has 0 saturated carbocycles. The number of nitriles is 1. The van der Waals surface area contributed by atoms with Crippen LogP contribution in [0.4, 0.5) is 17.6 Å². The summed E-state index contributed by atoms with van der Waals surface area (Å²) in [5.74, 6) is 2.01. The van der Waals surface area contributed by atoms with Crippen LogP contribution in [-0.4, -0.2) is 66.9 Å². The highest BCUT2D eigenvalue weighted by Crippen LogP contribution is 2.34. The number of halogens is 2. The molecule has 0 aliphatic carbocycles. The van der Waals surface area contributed by atoms with Crippen molar-refractivity contribution in [1.29, 1.82) is 5.26 Å². The second-order valence-electron chi connectivity index (χ2n) is 8.59. The van der Waals surface area contributed by atoms with E-state index >= 15 is 0 Å². The van der Waals surface area contributed by atoms with Crippen LogP contribution in [0.2, 0.25) is 10.0 Å². The average Bonchev–Trinajstić information content (AvgIpc) is 2.88. The Kier molecular flexibility index (Phi) is 6.91. The number of ether oxygens (including phenoxy) is 1. The van der Waals surface area contributed by atoms with Crippen LogP contribution in [0.1, 0.15) is 12.5 Å². The Bertz CT molecular complexity index is 1260. The van der Waals surface area contributed by atoms with Crippen molar-refractivity contribution >= 4 is 40.8 Å². The van der Waals surface area contributed by atoms with E-state index in [-0.39, 0.29) is 6.04 Å². The normalized spacial score (nSPS) is 18.5. The molecule has 10 heteroatoms. The lowest BCUT2D eigenvalue weighted by molar-refractivity contribution is 0.122. The fraction of sp³-hybridized carbons (Fsp3) is 0.360. The molecule has 2 fully saturated rings. The SMILES string of the molecule is CC1CN(c2ncccc2Cl)CCN1c1nc(N2CCOCC2)nc(-c2cccc(Cl)c2)c1C#N. The van der Waals surface area contributed by atoms with Gasteiger partial charge in [-0.1, -0.05) is 35.3 Å². The minimum atomic E-state index is 0.0635. The molecule has 0 amide bonds. The average molecular weight is 510 g/mol. The molecule has 35 heavy (non-hydrogen) atoms. The number of piperazine rings is 1. The Labute approximate surface area is 214 Å². The highest BCUT2D eigenvalue weighted by atomic mass is 35.5. The van der Waals surface area contributed by atoms with E-state index in [9.17, 15) is 5.26 Å². The molecular formula is C25H25Cl2N7O. The summed E-state index contributed by atoms with van der Waals surface area (Å²) in [6.45, 7) is 6.82. The zero-order valence-electron chi connectivity index (χ0n) is 19.4. The Morgan fingerprint density at radius 1 is 1.00 bits per heavy atom. The van der Waals surface area contributed by atoms with Gasteiger partial charge in [0.05, 0.1) is 23.9 Å². The lowest BCUT2D eigenvalue weighted by atomic mass is 10.1. The summed E-state index contributed by atoms with van der Waals surface area (Å²) >= 11 is 12.7. The van der Waals surface area contributed by atoms with Gasteiger partial charge in [0.25, 0.3) is 0 Å². The minimum Gasteiger partial charge on any atom is -0.378 e. The maximum Gasteiger partial charge on any atom is 0.228 e. The molecule has 0 N–H and O–H groups in total. The van der Waals surface area contributed by atoms with Gasteiger partial charge < -0.3 is 19.4 Å². The zero-order chi connectivity index (χ0) is 24.4. The summed E-state index contributed by atoms with van der Waals surface area (Å²) in [6.07, 6.45) is 1.75. The van der Waals surface area contributed by atoms with Crippen molar-refractivity contribution in [3.63, 3.8) is 0 Å². The summed E-state index contributed by atoms with van der Waals surface area (Å²) in [6, 6.07) is 13.6. The lowest BCUT2D eigenvalue weighted by Gasteiger charge is -2.42. The number of pyridine rings is 1. The molecule has 0 bridgehead atoms. The van der Waals surface area contributed by atoms with Gasteiger partial charge in [0.1, 0.15) is 17.5 Å². The van der Waals surface area contributed by atoms with Crippen LogP contribution in [0.5, 0.6) is 0 Å². The number of rotatable bonds is 4. The highest BCUT2D eigenvalue weighted by Gasteiger charge is 2.31. The van der Waals surface area contributed by atoms with Crippen LogP contribution in [0, 0.1) is 11.3 Å². The Morgan fingerprint density at radius 2 is 1.83 bits per heavy atom. The van der Waals surface area contributed by atoms with Crippen LogP contribution in [0.25, 0.3) is 11.3 Å². The van der Waals surface area contributed by atoms with Gasteiger partial charge in [-0.05, 0) is 31.2 Å².